The molecule has 0 unspecified atom stereocenters. The van der Waals surface area contributed by atoms with E-state index in [1.807, 2.05) is 24.3 Å². The van der Waals surface area contributed by atoms with Gasteiger partial charge in [-0.2, -0.15) is 0 Å². The number of aromatic nitrogens is 2. The number of benzene rings is 1. The van der Waals surface area contributed by atoms with E-state index in [0.717, 1.165) is 31.2 Å². The van der Waals surface area contributed by atoms with Crippen LogP contribution >= 0.6 is 12.2 Å². The molecule has 152 valence electrons. The molecular weight excluding hydrogens is 370 g/mol. The van der Waals surface area contributed by atoms with Crippen molar-refractivity contribution in [3.8, 4) is 0 Å². The van der Waals surface area contributed by atoms with Crippen LogP contribution in [0.5, 0.6) is 0 Å². The number of para-hydroxylation sites is 1. The molecule has 0 radical (unpaired) electrons. The van der Waals surface area contributed by atoms with E-state index in [1.54, 1.807) is 4.57 Å². The Morgan fingerprint density at radius 2 is 2.00 bits per heavy atom. The third kappa shape index (κ3) is 4.90. The van der Waals surface area contributed by atoms with Gasteiger partial charge >= 0.3 is 0 Å². The molecule has 1 aliphatic carbocycles. The number of nitrogens with one attached hydrogen (secondary N) is 2. The van der Waals surface area contributed by atoms with Crippen molar-refractivity contribution in [2.24, 2.45) is 11.8 Å². The lowest BCUT2D eigenvalue weighted by Gasteiger charge is -2.34. The quantitative estimate of drug-likeness (QED) is 0.528. The van der Waals surface area contributed by atoms with Gasteiger partial charge in [-0.25, -0.2) is 0 Å². The molecule has 28 heavy (non-hydrogen) atoms. The molecular formula is C22H31N3O2S. The van der Waals surface area contributed by atoms with Gasteiger partial charge in [0.05, 0.1) is 10.9 Å². The van der Waals surface area contributed by atoms with Crippen molar-refractivity contribution in [3.05, 3.63) is 39.4 Å². The lowest BCUT2D eigenvalue weighted by Crippen LogP contribution is -2.43. The summed E-state index contributed by atoms with van der Waals surface area (Å²) in [6.45, 7) is 5.11. The molecule has 0 saturated heterocycles. The average molecular weight is 402 g/mol. The number of hydrogen-bond donors (Lipinski definition) is 2. The molecule has 2 N–H and O–H groups in total. The Labute approximate surface area is 171 Å². The molecule has 1 fully saturated rings. The van der Waals surface area contributed by atoms with E-state index in [4.69, 9.17) is 12.2 Å². The van der Waals surface area contributed by atoms with Crippen LogP contribution in [0, 0.1) is 16.6 Å². The minimum Gasteiger partial charge on any atom is -0.353 e. The van der Waals surface area contributed by atoms with E-state index >= 15 is 0 Å². The topological polar surface area (TPSA) is 66.9 Å². The van der Waals surface area contributed by atoms with Gasteiger partial charge in [-0.15, -0.1) is 0 Å². The first-order valence-corrected chi connectivity index (χ1v) is 10.9. The molecule has 1 aliphatic rings. The maximum absolute atomic E-state index is 12.6. The van der Waals surface area contributed by atoms with Crippen LogP contribution in [0.2, 0.25) is 0 Å². The molecule has 1 amide bonds. The lowest BCUT2D eigenvalue weighted by molar-refractivity contribution is -0.122. The standard InChI is InChI=1S/C22H31N3O2S/c1-15-9-8-12-18(16(15)2)23-20(26)13-4-3-7-14-25-21(27)17-10-5-6-11-19(17)24-22(25)28/h5-6,10-11,15-16,18H,3-4,7-9,12-14H2,1-2H3,(H,23,26)(H,24,28)/t15-,16-,18-/m1/s1. The Bertz CT molecular complexity index is 933. The summed E-state index contributed by atoms with van der Waals surface area (Å²) >= 11 is 5.34. The molecule has 0 spiro atoms. The number of aromatic amines is 1. The third-order valence-electron chi connectivity index (χ3n) is 6.23. The molecule has 1 heterocycles. The van der Waals surface area contributed by atoms with Gasteiger partial charge in [0, 0.05) is 19.0 Å². The number of rotatable bonds is 7. The number of unbranched alkanes of at least 4 members (excludes halogenated alkanes) is 2. The van der Waals surface area contributed by atoms with Crippen LogP contribution in [0.15, 0.2) is 29.1 Å². The van der Waals surface area contributed by atoms with Crippen LogP contribution in [-0.4, -0.2) is 21.5 Å². The molecule has 3 atom stereocenters. The van der Waals surface area contributed by atoms with Crippen molar-refractivity contribution >= 4 is 29.0 Å². The van der Waals surface area contributed by atoms with Crippen molar-refractivity contribution < 1.29 is 4.79 Å². The third-order valence-corrected chi connectivity index (χ3v) is 6.55. The molecule has 2 aromatic rings. The van der Waals surface area contributed by atoms with E-state index in [-0.39, 0.29) is 11.5 Å². The highest BCUT2D eigenvalue weighted by molar-refractivity contribution is 7.71. The van der Waals surface area contributed by atoms with E-state index in [2.05, 4.69) is 24.1 Å². The summed E-state index contributed by atoms with van der Waals surface area (Å²) in [5.41, 5.74) is 0.731. The van der Waals surface area contributed by atoms with Gasteiger partial charge in [-0.05, 0) is 55.4 Å². The molecule has 1 saturated carbocycles. The lowest BCUT2D eigenvalue weighted by atomic mass is 9.78. The highest BCUT2D eigenvalue weighted by Crippen LogP contribution is 2.29. The minimum atomic E-state index is -0.0440. The molecule has 0 bridgehead atoms. The Morgan fingerprint density at radius 1 is 1.21 bits per heavy atom. The Hall–Kier alpha value is -1.95. The zero-order chi connectivity index (χ0) is 20.1. The molecule has 0 aliphatic heterocycles. The van der Waals surface area contributed by atoms with Crippen LogP contribution < -0.4 is 10.9 Å². The zero-order valence-corrected chi connectivity index (χ0v) is 17.7. The van der Waals surface area contributed by atoms with Crippen molar-refractivity contribution in [1.29, 1.82) is 0 Å². The SMILES string of the molecule is C[C@@H]1[C@H](C)CCC[C@H]1NC(=O)CCCCCn1c(=S)[nH]c2ccccc2c1=O. The maximum Gasteiger partial charge on any atom is 0.262 e. The van der Waals surface area contributed by atoms with Crippen molar-refractivity contribution in [3.63, 3.8) is 0 Å². The fourth-order valence-electron chi connectivity index (χ4n) is 4.20. The second-order valence-electron chi connectivity index (χ2n) is 8.18. The fourth-order valence-corrected chi connectivity index (χ4v) is 4.48. The number of carbonyl (C=O) groups is 1. The largest absolute Gasteiger partial charge is 0.353 e. The average Bonchev–Trinajstić information content (AvgIpc) is 2.67. The van der Waals surface area contributed by atoms with Crippen LogP contribution in [0.25, 0.3) is 10.9 Å². The number of nitrogens with zero attached hydrogens (tertiary/aromatic N) is 1. The molecule has 1 aromatic carbocycles. The second-order valence-corrected chi connectivity index (χ2v) is 8.57. The van der Waals surface area contributed by atoms with Crippen LogP contribution in [0.3, 0.4) is 0 Å². The zero-order valence-electron chi connectivity index (χ0n) is 16.9. The fraction of sp³-hybridized carbons (Fsp3) is 0.591. The Morgan fingerprint density at radius 3 is 2.82 bits per heavy atom. The maximum atomic E-state index is 12.6. The summed E-state index contributed by atoms with van der Waals surface area (Å²) in [5, 5.41) is 3.89. The van der Waals surface area contributed by atoms with E-state index in [9.17, 15) is 9.59 Å². The van der Waals surface area contributed by atoms with E-state index in [0.29, 0.717) is 41.0 Å². The summed E-state index contributed by atoms with van der Waals surface area (Å²) in [6, 6.07) is 7.75. The van der Waals surface area contributed by atoms with Gasteiger partial charge in [0.25, 0.3) is 5.56 Å². The predicted octanol–water partition coefficient (Wildman–Crippen LogP) is 4.56. The van der Waals surface area contributed by atoms with Crippen LogP contribution in [-0.2, 0) is 11.3 Å². The van der Waals surface area contributed by atoms with Gasteiger partial charge in [0.2, 0.25) is 5.91 Å². The Kier molecular flexibility index (Phi) is 7.05. The number of hydrogen-bond acceptors (Lipinski definition) is 3. The molecule has 5 nitrogen and oxygen atoms in total. The predicted molar refractivity (Wildman–Crippen MR) is 116 cm³/mol. The van der Waals surface area contributed by atoms with Crippen LogP contribution in [0.4, 0.5) is 0 Å². The first kappa shape index (κ1) is 20.8. The first-order valence-electron chi connectivity index (χ1n) is 10.5. The Balaban J connectivity index is 1.45. The minimum absolute atomic E-state index is 0.0440. The normalized spacial score (nSPS) is 22.3. The summed E-state index contributed by atoms with van der Waals surface area (Å²) in [7, 11) is 0. The van der Waals surface area contributed by atoms with Gasteiger partial charge in [0.15, 0.2) is 4.77 Å². The number of amides is 1. The molecule has 1 aromatic heterocycles. The molecule has 3 rings (SSSR count). The highest BCUT2D eigenvalue weighted by Gasteiger charge is 2.27. The monoisotopic (exact) mass is 401 g/mol. The van der Waals surface area contributed by atoms with Crippen molar-refractivity contribution in [2.45, 2.75) is 71.4 Å². The number of fused-ring (bicyclic) bond motifs is 1. The summed E-state index contributed by atoms with van der Waals surface area (Å²) in [4.78, 5) is 28.0. The van der Waals surface area contributed by atoms with Gasteiger partial charge in [-0.3, -0.25) is 14.2 Å². The van der Waals surface area contributed by atoms with Gasteiger partial charge in [0.1, 0.15) is 0 Å². The second kappa shape index (κ2) is 9.50. The van der Waals surface area contributed by atoms with E-state index in [1.165, 1.54) is 12.8 Å². The summed E-state index contributed by atoms with van der Waals surface area (Å²) < 4.78 is 2.09. The molecule has 6 heteroatoms. The highest BCUT2D eigenvalue weighted by atomic mass is 32.1. The van der Waals surface area contributed by atoms with Crippen LogP contribution in [0.1, 0.15) is 58.8 Å². The van der Waals surface area contributed by atoms with Crippen molar-refractivity contribution in [1.82, 2.24) is 14.9 Å². The summed E-state index contributed by atoms with van der Waals surface area (Å²) in [5.74, 6) is 1.40. The number of H-pyrrole nitrogens is 1. The van der Waals surface area contributed by atoms with E-state index < -0.39 is 0 Å². The smallest absolute Gasteiger partial charge is 0.262 e. The number of carbonyl (C=O) groups excluding carboxylic acids is 1. The van der Waals surface area contributed by atoms with Gasteiger partial charge < -0.3 is 10.3 Å². The first-order chi connectivity index (χ1) is 13.5. The van der Waals surface area contributed by atoms with Crippen molar-refractivity contribution in [2.75, 3.05) is 0 Å². The summed E-state index contributed by atoms with van der Waals surface area (Å²) in [6.07, 6.45) is 6.69. The van der Waals surface area contributed by atoms with Gasteiger partial charge in [-0.1, -0.05) is 45.2 Å².